The molecule has 1 aliphatic heterocycles. The van der Waals surface area contributed by atoms with Crippen LogP contribution in [0.5, 0.6) is 0 Å². The standard InChI is InChI=1S/C13H18FN3OS/c14-11-5-9(4-10(6-11)13(15)17-18)7-16-12-2-1-3-19-8-12/h4-6,12,16,18H,1-3,7-8H2,(H2,15,17). The molecule has 1 atom stereocenters. The summed E-state index contributed by atoms with van der Waals surface area (Å²) in [5.74, 6) is 1.88. The Labute approximate surface area is 116 Å². The summed E-state index contributed by atoms with van der Waals surface area (Å²) in [6.07, 6.45) is 2.39. The number of halogens is 1. The molecule has 1 aromatic rings. The molecule has 1 saturated heterocycles. The van der Waals surface area contributed by atoms with Crippen LogP contribution >= 0.6 is 11.8 Å². The van der Waals surface area contributed by atoms with Crippen molar-refractivity contribution >= 4 is 17.6 Å². The highest BCUT2D eigenvalue weighted by molar-refractivity contribution is 7.99. The molecule has 0 aliphatic carbocycles. The van der Waals surface area contributed by atoms with Crippen LogP contribution in [0, 0.1) is 5.82 Å². The number of benzene rings is 1. The summed E-state index contributed by atoms with van der Waals surface area (Å²) in [4.78, 5) is 0. The van der Waals surface area contributed by atoms with Gasteiger partial charge in [-0.25, -0.2) is 4.39 Å². The molecule has 6 heteroatoms. The third kappa shape index (κ3) is 4.11. The van der Waals surface area contributed by atoms with Crippen LogP contribution in [0.15, 0.2) is 23.4 Å². The number of hydrogen-bond acceptors (Lipinski definition) is 4. The van der Waals surface area contributed by atoms with E-state index in [9.17, 15) is 4.39 Å². The number of hydrogen-bond donors (Lipinski definition) is 3. The van der Waals surface area contributed by atoms with E-state index in [1.165, 1.54) is 24.3 Å². The molecular weight excluding hydrogens is 265 g/mol. The Balaban J connectivity index is 2.01. The Morgan fingerprint density at radius 1 is 1.53 bits per heavy atom. The van der Waals surface area contributed by atoms with E-state index >= 15 is 0 Å². The van der Waals surface area contributed by atoms with Gasteiger partial charge >= 0.3 is 0 Å². The summed E-state index contributed by atoms with van der Waals surface area (Å²) in [5, 5.41) is 14.9. The number of thioether (sulfide) groups is 1. The number of rotatable bonds is 4. The van der Waals surface area contributed by atoms with Crippen LogP contribution in [-0.4, -0.2) is 28.6 Å². The van der Waals surface area contributed by atoms with Gasteiger partial charge in [0.15, 0.2) is 5.84 Å². The first-order valence-electron chi connectivity index (χ1n) is 6.27. The maximum absolute atomic E-state index is 13.5. The molecule has 0 bridgehead atoms. The van der Waals surface area contributed by atoms with E-state index in [2.05, 4.69) is 10.5 Å². The van der Waals surface area contributed by atoms with Crippen LogP contribution in [0.4, 0.5) is 4.39 Å². The monoisotopic (exact) mass is 283 g/mol. The molecule has 1 aromatic carbocycles. The fraction of sp³-hybridized carbons (Fsp3) is 0.462. The minimum absolute atomic E-state index is 0.0750. The van der Waals surface area contributed by atoms with Gasteiger partial charge in [0.2, 0.25) is 0 Å². The zero-order valence-corrected chi connectivity index (χ0v) is 11.4. The van der Waals surface area contributed by atoms with E-state index in [0.717, 1.165) is 17.7 Å². The zero-order valence-electron chi connectivity index (χ0n) is 10.6. The Hall–Kier alpha value is -1.27. The van der Waals surface area contributed by atoms with Crippen molar-refractivity contribution in [3.8, 4) is 0 Å². The van der Waals surface area contributed by atoms with Crippen molar-refractivity contribution in [1.29, 1.82) is 0 Å². The van der Waals surface area contributed by atoms with Crippen molar-refractivity contribution in [2.75, 3.05) is 11.5 Å². The van der Waals surface area contributed by atoms with Crippen molar-refractivity contribution in [2.45, 2.75) is 25.4 Å². The van der Waals surface area contributed by atoms with Crippen LogP contribution < -0.4 is 11.1 Å². The van der Waals surface area contributed by atoms with Crippen molar-refractivity contribution in [3.63, 3.8) is 0 Å². The molecule has 1 heterocycles. The maximum atomic E-state index is 13.5. The lowest BCUT2D eigenvalue weighted by atomic mass is 10.1. The molecule has 104 valence electrons. The fourth-order valence-electron chi connectivity index (χ4n) is 2.12. The number of oxime groups is 1. The number of nitrogens with one attached hydrogen (secondary N) is 1. The van der Waals surface area contributed by atoms with E-state index in [1.807, 2.05) is 11.8 Å². The molecule has 4 N–H and O–H groups in total. The molecule has 1 fully saturated rings. The van der Waals surface area contributed by atoms with Crippen molar-refractivity contribution < 1.29 is 9.60 Å². The lowest BCUT2D eigenvalue weighted by molar-refractivity contribution is 0.318. The van der Waals surface area contributed by atoms with Gasteiger partial charge < -0.3 is 16.3 Å². The highest BCUT2D eigenvalue weighted by Gasteiger charge is 2.13. The van der Waals surface area contributed by atoms with Crippen molar-refractivity contribution in [2.24, 2.45) is 10.9 Å². The second kappa shape index (κ2) is 6.77. The normalized spacial score (nSPS) is 20.5. The summed E-state index contributed by atoms with van der Waals surface area (Å²) in [7, 11) is 0. The fourth-order valence-corrected chi connectivity index (χ4v) is 3.23. The van der Waals surface area contributed by atoms with E-state index < -0.39 is 0 Å². The largest absolute Gasteiger partial charge is 0.409 e. The summed E-state index contributed by atoms with van der Waals surface area (Å²) in [5.41, 5.74) is 6.68. The molecule has 0 spiro atoms. The van der Waals surface area contributed by atoms with Crippen molar-refractivity contribution in [3.05, 3.63) is 35.1 Å². The number of amidine groups is 1. The zero-order chi connectivity index (χ0) is 13.7. The lowest BCUT2D eigenvalue weighted by Crippen LogP contribution is -2.33. The molecule has 1 aliphatic rings. The van der Waals surface area contributed by atoms with Gasteiger partial charge in [0.25, 0.3) is 0 Å². The molecule has 0 radical (unpaired) electrons. The third-order valence-corrected chi connectivity index (χ3v) is 4.33. The molecule has 19 heavy (non-hydrogen) atoms. The Morgan fingerprint density at radius 2 is 2.37 bits per heavy atom. The molecule has 0 amide bonds. The van der Waals surface area contributed by atoms with Crippen LogP contribution in [0.3, 0.4) is 0 Å². The molecular formula is C13H18FN3OS. The average Bonchev–Trinajstić information content (AvgIpc) is 2.45. The molecule has 1 unspecified atom stereocenters. The predicted molar refractivity (Wildman–Crippen MR) is 76.1 cm³/mol. The van der Waals surface area contributed by atoms with Gasteiger partial charge in [0.05, 0.1) is 0 Å². The Bertz CT molecular complexity index is 461. The van der Waals surface area contributed by atoms with Gasteiger partial charge in [0.1, 0.15) is 5.82 Å². The average molecular weight is 283 g/mol. The highest BCUT2D eigenvalue weighted by Crippen LogP contribution is 2.17. The van der Waals surface area contributed by atoms with Gasteiger partial charge in [-0.15, -0.1) is 0 Å². The first-order valence-corrected chi connectivity index (χ1v) is 7.43. The lowest BCUT2D eigenvalue weighted by Gasteiger charge is -2.22. The summed E-state index contributed by atoms with van der Waals surface area (Å²) >= 11 is 1.94. The van der Waals surface area contributed by atoms with E-state index in [0.29, 0.717) is 18.2 Å². The first kappa shape index (κ1) is 14.1. The first-order chi connectivity index (χ1) is 9.19. The Morgan fingerprint density at radius 3 is 3.05 bits per heavy atom. The predicted octanol–water partition coefficient (Wildman–Crippen LogP) is 1.91. The second-order valence-electron chi connectivity index (χ2n) is 4.63. The summed E-state index contributed by atoms with van der Waals surface area (Å²) < 4.78 is 13.5. The van der Waals surface area contributed by atoms with E-state index in [4.69, 9.17) is 10.9 Å². The molecule has 0 saturated carbocycles. The van der Waals surface area contributed by atoms with Gasteiger partial charge in [-0.3, -0.25) is 0 Å². The number of nitrogens with two attached hydrogens (primary N) is 1. The summed E-state index contributed by atoms with van der Waals surface area (Å²) in [6.45, 7) is 0.592. The van der Waals surface area contributed by atoms with Crippen LogP contribution in [0.1, 0.15) is 24.0 Å². The van der Waals surface area contributed by atoms with Gasteiger partial charge in [-0.1, -0.05) is 5.16 Å². The van der Waals surface area contributed by atoms with Gasteiger partial charge in [-0.2, -0.15) is 11.8 Å². The van der Waals surface area contributed by atoms with Crippen LogP contribution in [0.25, 0.3) is 0 Å². The minimum atomic E-state index is -0.376. The SMILES string of the molecule is N/C(=N/O)c1cc(F)cc(CNC2CCCSC2)c1. The molecule has 4 nitrogen and oxygen atoms in total. The van der Waals surface area contributed by atoms with Gasteiger partial charge in [-0.05, 0) is 42.4 Å². The summed E-state index contributed by atoms with van der Waals surface area (Å²) in [6, 6.07) is 4.95. The Kier molecular flexibility index (Phi) is 5.04. The molecule has 0 aromatic heterocycles. The highest BCUT2D eigenvalue weighted by atomic mass is 32.2. The minimum Gasteiger partial charge on any atom is -0.409 e. The third-order valence-electron chi connectivity index (χ3n) is 3.12. The van der Waals surface area contributed by atoms with E-state index in [-0.39, 0.29) is 11.7 Å². The van der Waals surface area contributed by atoms with Crippen LogP contribution in [0.2, 0.25) is 0 Å². The maximum Gasteiger partial charge on any atom is 0.170 e. The number of nitrogens with zero attached hydrogens (tertiary/aromatic N) is 1. The second-order valence-corrected chi connectivity index (χ2v) is 5.78. The molecule has 2 rings (SSSR count). The van der Waals surface area contributed by atoms with E-state index in [1.54, 1.807) is 6.07 Å². The van der Waals surface area contributed by atoms with Crippen LogP contribution in [-0.2, 0) is 6.54 Å². The quantitative estimate of drug-likeness (QED) is 0.342. The van der Waals surface area contributed by atoms with Crippen molar-refractivity contribution in [1.82, 2.24) is 5.32 Å². The topological polar surface area (TPSA) is 70.6 Å². The van der Waals surface area contributed by atoms with Gasteiger partial charge in [0, 0.05) is 23.9 Å². The smallest absolute Gasteiger partial charge is 0.170 e.